The summed E-state index contributed by atoms with van der Waals surface area (Å²) >= 11 is 6.34. The van der Waals surface area contributed by atoms with Crippen LogP contribution in [0.5, 0.6) is 17.2 Å². The number of anilines is 1. The molecule has 0 unspecified atom stereocenters. The van der Waals surface area contributed by atoms with Crippen molar-refractivity contribution in [2.45, 2.75) is 26.3 Å². The van der Waals surface area contributed by atoms with Crippen LogP contribution in [0, 0.1) is 5.82 Å². The van der Waals surface area contributed by atoms with E-state index in [2.05, 4.69) is 32.2 Å². The normalized spacial score (nSPS) is 16.7. The average Bonchev–Trinajstić information content (AvgIpc) is 2.74. The van der Waals surface area contributed by atoms with Crippen LogP contribution in [-0.4, -0.2) is 17.8 Å². The maximum atomic E-state index is 13.6. The third kappa shape index (κ3) is 3.53. The number of fused-ring (bicyclic) bond motifs is 5. The summed E-state index contributed by atoms with van der Waals surface area (Å²) in [5.41, 5.74) is 5.87. The van der Waals surface area contributed by atoms with Crippen molar-refractivity contribution in [3.8, 4) is 28.4 Å². The molecule has 3 aromatic carbocycles. The number of nitrogens with one attached hydrogen (secondary N) is 1. The number of aromatic hydroxyl groups is 1. The molecule has 0 spiro atoms. The Morgan fingerprint density at radius 3 is 2.61 bits per heavy atom. The van der Waals surface area contributed by atoms with Crippen molar-refractivity contribution in [3.63, 3.8) is 0 Å². The molecular weight excluding hydrogens is 441 g/mol. The summed E-state index contributed by atoms with van der Waals surface area (Å²) in [5.74, 6) is 1.10. The smallest absolute Gasteiger partial charge is 0.172 e. The van der Waals surface area contributed by atoms with Gasteiger partial charge in [-0.25, -0.2) is 4.39 Å². The number of halogens is 2. The van der Waals surface area contributed by atoms with E-state index < -0.39 is 5.82 Å². The highest BCUT2D eigenvalue weighted by Crippen LogP contribution is 2.54. The predicted octanol–water partition coefficient (Wildman–Crippen LogP) is 7.36. The van der Waals surface area contributed by atoms with Crippen molar-refractivity contribution in [2.24, 2.45) is 0 Å². The summed E-state index contributed by atoms with van der Waals surface area (Å²) in [6.45, 7) is 6.29. The van der Waals surface area contributed by atoms with Gasteiger partial charge in [-0.15, -0.1) is 0 Å². The number of benzene rings is 3. The second-order valence-corrected chi connectivity index (χ2v) is 9.26. The zero-order valence-electron chi connectivity index (χ0n) is 18.7. The zero-order chi connectivity index (χ0) is 23.5. The van der Waals surface area contributed by atoms with E-state index >= 15 is 0 Å². The minimum absolute atomic E-state index is 0.0315. The Morgan fingerprint density at radius 1 is 1.09 bits per heavy atom. The van der Waals surface area contributed by atoms with E-state index in [9.17, 15) is 9.50 Å². The number of phenolic OH excluding ortho intramolecular Hbond substituents is 1. The second-order valence-electron chi connectivity index (χ2n) is 8.85. The van der Waals surface area contributed by atoms with Crippen molar-refractivity contribution in [2.75, 3.05) is 12.4 Å². The molecule has 0 fully saturated rings. The van der Waals surface area contributed by atoms with Crippen molar-refractivity contribution < 1.29 is 19.0 Å². The molecular formula is C27H23ClFNO3. The Labute approximate surface area is 196 Å². The SMILES string of the molecule is COc1c(O)ccc2c1-c1ccc3c(c1/C(=C/c1ccc(F)cc1Cl)O2)C(C)=CC(C)(C)N3. The number of rotatable bonds is 2. The molecule has 2 heterocycles. The minimum atomic E-state index is -0.403. The molecule has 6 heteroatoms. The molecule has 0 amide bonds. The molecule has 0 bridgehead atoms. The molecule has 0 aromatic heterocycles. The Morgan fingerprint density at radius 2 is 1.88 bits per heavy atom. The van der Waals surface area contributed by atoms with Gasteiger partial charge in [0.25, 0.3) is 0 Å². The van der Waals surface area contributed by atoms with Crippen molar-refractivity contribution in [3.05, 3.63) is 76.1 Å². The van der Waals surface area contributed by atoms with Gasteiger partial charge < -0.3 is 19.9 Å². The fraction of sp³-hybridized carbons (Fsp3) is 0.185. The summed E-state index contributed by atoms with van der Waals surface area (Å²) in [5, 5.41) is 14.3. The lowest BCUT2D eigenvalue weighted by Gasteiger charge is -2.35. The topological polar surface area (TPSA) is 50.7 Å². The summed E-state index contributed by atoms with van der Waals surface area (Å²) < 4.78 is 25.6. The molecule has 0 aliphatic carbocycles. The van der Waals surface area contributed by atoms with Gasteiger partial charge in [0.15, 0.2) is 11.5 Å². The van der Waals surface area contributed by atoms with E-state index in [-0.39, 0.29) is 16.3 Å². The Kier molecular flexibility index (Phi) is 4.91. The minimum Gasteiger partial charge on any atom is -0.504 e. The number of hydrogen-bond donors (Lipinski definition) is 2. The molecule has 2 aliphatic rings. The summed E-state index contributed by atoms with van der Waals surface area (Å²) in [6, 6.07) is 11.6. The monoisotopic (exact) mass is 463 g/mol. The maximum Gasteiger partial charge on any atom is 0.172 e. The number of hydrogen-bond acceptors (Lipinski definition) is 4. The quantitative estimate of drug-likeness (QED) is 0.417. The first-order valence-corrected chi connectivity index (χ1v) is 11.0. The van der Waals surface area contributed by atoms with Crippen LogP contribution in [0.25, 0.3) is 28.5 Å². The molecule has 0 radical (unpaired) electrons. The largest absolute Gasteiger partial charge is 0.504 e. The molecule has 0 saturated carbocycles. The average molecular weight is 464 g/mol. The van der Waals surface area contributed by atoms with Crippen LogP contribution in [0.3, 0.4) is 0 Å². The molecule has 4 nitrogen and oxygen atoms in total. The van der Waals surface area contributed by atoms with Gasteiger partial charge in [-0.1, -0.05) is 29.8 Å². The first-order valence-electron chi connectivity index (χ1n) is 10.6. The predicted molar refractivity (Wildman–Crippen MR) is 131 cm³/mol. The number of methoxy groups -OCH3 is 1. The number of allylic oxidation sites excluding steroid dienone is 1. The van der Waals surface area contributed by atoms with Crippen LogP contribution in [0.2, 0.25) is 5.02 Å². The van der Waals surface area contributed by atoms with E-state index in [1.807, 2.05) is 18.2 Å². The third-order valence-corrected chi connectivity index (χ3v) is 6.25. The summed E-state index contributed by atoms with van der Waals surface area (Å²) in [6.07, 6.45) is 3.99. The molecule has 0 atom stereocenters. The highest BCUT2D eigenvalue weighted by Gasteiger charge is 2.33. The summed E-state index contributed by atoms with van der Waals surface area (Å²) in [7, 11) is 1.52. The number of ether oxygens (including phenoxy) is 2. The molecule has 5 rings (SSSR count). The molecule has 2 N–H and O–H groups in total. The van der Waals surface area contributed by atoms with Crippen LogP contribution < -0.4 is 14.8 Å². The van der Waals surface area contributed by atoms with Gasteiger partial charge in [-0.2, -0.15) is 0 Å². The van der Waals surface area contributed by atoms with Crippen molar-refractivity contribution in [1.29, 1.82) is 0 Å². The Hall–Kier alpha value is -3.44. The standard InChI is InChI=1S/C27H23ClFNO3/c1-14-13-27(2,3)30-19-8-7-17-24(23(14)19)22(11-15-5-6-16(29)12-18(15)28)33-21-10-9-20(31)26(32-4)25(17)21/h5-13,30-31H,1-4H3/b22-11-. The lowest BCUT2D eigenvalue weighted by Crippen LogP contribution is -2.32. The van der Waals surface area contributed by atoms with Crippen molar-refractivity contribution in [1.82, 2.24) is 0 Å². The van der Waals surface area contributed by atoms with E-state index in [1.165, 1.54) is 19.2 Å². The molecule has 2 aliphatic heterocycles. The van der Waals surface area contributed by atoms with Crippen LogP contribution in [-0.2, 0) is 0 Å². The van der Waals surface area contributed by atoms with E-state index in [4.69, 9.17) is 21.1 Å². The highest BCUT2D eigenvalue weighted by atomic mass is 35.5. The fourth-order valence-electron chi connectivity index (χ4n) is 4.71. The molecule has 168 valence electrons. The van der Waals surface area contributed by atoms with Gasteiger partial charge >= 0.3 is 0 Å². The Balaban J connectivity index is 1.84. The van der Waals surface area contributed by atoms with Gasteiger partial charge in [0.2, 0.25) is 0 Å². The first-order chi connectivity index (χ1) is 15.7. The lowest BCUT2D eigenvalue weighted by molar-refractivity contribution is 0.371. The molecule has 33 heavy (non-hydrogen) atoms. The van der Waals surface area contributed by atoms with E-state index in [1.54, 1.807) is 18.2 Å². The van der Waals surface area contributed by atoms with Gasteiger partial charge in [0.1, 0.15) is 17.3 Å². The fourth-order valence-corrected chi connectivity index (χ4v) is 4.93. The van der Waals surface area contributed by atoms with E-state index in [0.29, 0.717) is 28.4 Å². The second kappa shape index (κ2) is 7.56. The van der Waals surface area contributed by atoms with Gasteiger partial charge in [-0.3, -0.25) is 0 Å². The molecule has 3 aromatic rings. The Bertz CT molecular complexity index is 1370. The van der Waals surface area contributed by atoms with Crippen LogP contribution in [0.1, 0.15) is 37.5 Å². The third-order valence-electron chi connectivity index (χ3n) is 5.92. The van der Waals surface area contributed by atoms with Crippen LogP contribution >= 0.6 is 11.6 Å². The van der Waals surface area contributed by atoms with Crippen molar-refractivity contribution >= 4 is 34.7 Å². The van der Waals surface area contributed by atoms with Gasteiger partial charge in [0.05, 0.1) is 23.2 Å². The zero-order valence-corrected chi connectivity index (χ0v) is 19.5. The van der Waals surface area contributed by atoms with Gasteiger partial charge in [0, 0.05) is 22.4 Å². The van der Waals surface area contributed by atoms with E-state index in [0.717, 1.165) is 28.0 Å². The number of phenols is 1. The highest BCUT2D eigenvalue weighted by molar-refractivity contribution is 6.32. The first kappa shape index (κ1) is 21.4. The molecule has 0 saturated heterocycles. The van der Waals surface area contributed by atoms with Gasteiger partial charge in [-0.05, 0) is 68.3 Å². The van der Waals surface area contributed by atoms with Crippen LogP contribution in [0.15, 0.2) is 48.5 Å². The lowest BCUT2D eigenvalue weighted by atomic mass is 9.83. The summed E-state index contributed by atoms with van der Waals surface area (Å²) in [4.78, 5) is 0. The van der Waals surface area contributed by atoms with Crippen LogP contribution in [0.4, 0.5) is 10.1 Å². The maximum absolute atomic E-state index is 13.6.